The van der Waals surface area contributed by atoms with Gasteiger partial charge in [0.15, 0.2) is 0 Å². The number of nitrogens with zero attached hydrogens (tertiary/aromatic N) is 1. The Morgan fingerprint density at radius 3 is 2.50 bits per heavy atom. The minimum atomic E-state index is -0.829. The zero-order valence-corrected chi connectivity index (χ0v) is 9.19. The maximum Gasteiger partial charge on any atom is 0.354 e. The lowest BCUT2D eigenvalue weighted by molar-refractivity contribution is -0.140. The monoisotopic (exact) mass is 223 g/mol. The van der Waals surface area contributed by atoms with Crippen molar-refractivity contribution in [3.63, 3.8) is 0 Å². The van der Waals surface area contributed by atoms with E-state index in [4.69, 9.17) is 5.11 Å². The summed E-state index contributed by atoms with van der Waals surface area (Å²) in [5, 5.41) is 9.16. The highest BCUT2D eigenvalue weighted by atomic mass is 16.5. The number of aromatic nitrogens is 1. The fourth-order valence-corrected chi connectivity index (χ4v) is 2.01. The molecule has 0 atom stereocenters. The van der Waals surface area contributed by atoms with Crippen LogP contribution in [0.3, 0.4) is 0 Å². The van der Waals surface area contributed by atoms with Gasteiger partial charge in [0.05, 0.1) is 7.11 Å². The first-order valence-corrected chi connectivity index (χ1v) is 5.01. The highest BCUT2D eigenvalue weighted by Crippen LogP contribution is 2.48. The maximum atomic E-state index is 11.4. The van der Waals surface area contributed by atoms with Crippen LogP contribution in [0.1, 0.15) is 29.0 Å². The third-order valence-corrected chi connectivity index (χ3v) is 3.17. The third-order valence-electron chi connectivity index (χ3n) is 3.17. The van der Waals surface area contributed by atoms with Gasteiger partial charge < -0.3 is 14.4 Å². The molecule has 5 heteroatoms. The number of rotatable bonds is 3. The molecule has 16 heavy (non-hydrogen) atoms. The Morgan fingerprint density at radius 2 is 2.06 bits per heavy atom. The fraction of sp³-hybridized carbons (Fsp3) is 0.455. The number of esters is 1. The molecular formula is C11H13NO4. The van der Waals surface area contributed by atoms with Crippen LogP contribution in [0.25, 0.3) is 0 Å². The summed E-state index contributed by atoms with van der Waals surface area (Å²) in [4.78, 5) is 22.5. The summed E-state index contributed by atoms with van der Waals surface area (Å²) in [6.45, 7) is 0. The minimum absolute atomic E-state index is 0.380. The molecule has 0 amide bonds. The number of carbonyl (C=O) groups excluding carboxylic acids is 1. The molecule has 5 nitrogen and oxygen atoms in total. The van der Waals surface area contributed by atoms with E-state index in [9.17, 15) is 9.59 Å². The van der Waals surface area contributed by atoms with E-state index >= 15 is 0 Å². The number of methoxy groups -OCH3 is 1. The molecule has 1 heterocycles. The zero-order valence-electron chi connectivity index (χ0n) is 9.19. The topological polar surface area (TPSA) is 68.5 Å². The first-order chi connectivity index (χ1) is 7.53. The van der Waals surface area contributed by atoms with Crippen LogP contribution in [0.2, 0.25) is 0 Å². The van der Waals surface area contributed by atoms with Gasteiger partial charge in [0.2, 0.25) is 0 Å². The zero-order chi connectivity index (χ0) is 11.9. The van der Waals surface area contributed by atoms with Crippen LogP contribution in [0.5, 0.6) is 0 Å². The van der Waals surface area contributed by atoms with Gasteiger partial charge in [-0.05, 0) is 25.0 Å². The summed E-state index contributed by atoms with van der Waals surface area (Å²) in [5.41, 5.74) is 0.256. The molecule has 1 aliphatic rings. The smallest absolute Gasteiger partial charge is 0.354 e. The van der Waals surface area contributed by atoms with Crippen molar-refractivity contribution in [2.24, 2.45) is 7.05 Å². The Morgan fingerprint density at radius 1 is 1.44 bits per heavy atom. The molecule has 1 fully saturated rings. The van der Waals surface area contributed by atoms with Gasteiger partial charge in [-0.2, -0.15) is 0 Å². The quantitative estimate of drug-likeness (QED) is 0.774. The van der Waals surface area contributed by atoms with E-state index in [1.54, 1.807) is 23.7 Å². The molecule has 1 aromatic heterocycles. The number of carboxylic acid groups (broad SMARTS) is 1. The standard InChI is InChI=1S/C11H13NO4/c1-12-7(9(13)16-2)3-4-8(12)11(5-6-11)10(14)15/h3-4H,5-6H2,1-2H3,(H,14,15). The van der Waals surface area contributed by atoms with Crippen molar-refractivity contribution in [2.45, 2.75) is 18.3 Å². The molecule has 86 valence electrons. The third kappa shape index (κ3) is 1.31. The molecule has 0 saturated heterocycles. The predicted octanol–water partition coefficient (Wildman–Crippen LogP) is 0.928. The maximum absolute atomic E-state index is 11.4. The van der Waals surface area contributed by atoms with E-state index in [-0.39, 0.29) is 0 Å². The lowest BCUT2D eigenvalue weighted by Gasteiger charge is -2.12. The largest absolute Gasteiger partial charge is 0.481 e. The van der Waals surface area contributed by atoms with Crippen LogP contribution in [0, 0.1) is 0 Å². The van der Waals surface area contributed by atoms with Gasteiger partial charge >= 0.3 is 11.9 Å². The Kier molecular flexibility index (Phi) is 2.26. The summed E-state index contributed by atoms with van der Waals surface area (Å²) < 4.78 is 6.22. The molecule has 1 aliphatic carbocycles. The Balaban J connectivity index is 2.42. The molecule has 0 aromatic carbocycles. The Bertz CT molecular complexity index is 457. The van der Waals surface area contributed by atoms with Gasteiger partial charge in [-0.1, -0.05) is 0 Å². The van der Waals surface area contributed by atoms with E-state index < -0.39 is 17.4 Å². The number of carboxylic acids is 1. The van der Waals surface area contributed by atoms with Gasteiger partial charge in [0, 0.05) is 12.7 Å². The van der Waals surface area contributed by atoms with Crippen LogP contribution in [-0.4, -0.2) is 28.7 Å². The lowest BCUT2D eigenvalue weighted by Crippen LogP contribution is -2.23. The van der Waals surface area contributed by atoms with E-state index in [1.807, 2.05) is 0 Å². The van der Waals surface area contributed by atoms with E-state index in [0.717, 1.165) is 0 Å². The summed E-state index contributed by atoms with van der Waals surface area (Å²) in [7, 11) is 2.99. The lowest BCUT2D eigenvalue weighted by atomic mass is 10.0. The Labute approximate surface area is 92.6 Å². The van der Waals surface area contributed by atoms with Crippen molar-refractivity contribution in [1.29, 1.82) is 0 Å². The van der Waals surface area contributed by atoms with Crippen LogP contribution < -0.4 is 0 Å². The first kappa shape index (κ1) is 10.7. The van der Waals surface area contributed by atoms with Crippen LogP contribution >= 0.6 is 0 Å². The highest BCUT2D eigenvalue weighted by molar-refractivity contribution is 5.89. The molecule has 1 saturated carbocycles. The van der Waals surface area contributed by atoms with Gasteiger partial charge in [0.25, 0.3) is 0 Å². The summed E-state index contributed by atoms with van der Waals surface area (Å²) >= 11 is 0. The summed E-state index contributed by atoms with van der Waals surface area (Å²) in [6, 6.07) is 3.29. The van der Waals surface area contributed by atoms with Crippen molar-refractivity contribution >= 4 is 11.9 Å². The van der Waals surface area contributed by atoms with E-state index in [2.05, 4.69) is 4.74 Å². The molecule has 0 aliphatic heterocycles. The second kappa shape index (κ2) is 3.37. The molecule has 0 bridgehead atoms. The summed E-state index contributed by atoms with van der Waals surface area (Å²) in [6.07, 6.45) is 1.25. The fourth-order valence-electron chi connectivity index (χ4n) is 2.01. The molecule has 0 spiro atoms. The number of aliphatic carboxylic acids is 1. The van der Waals surface area contributed by atoms with E-state index in [1.165, 1.54) is 7.11 Å². The van der Waals surface area contributed by atoms with Crippen molar-refractivity contribution in [1.82, 2.24) is 4.57 Å². The Hall–Kier alpha value is -1.78. The number of hydrogen-bond acceptors (Lipinski definition) is 3. The van der Waals surface area contributed by atoms with Crippen molar-refractivity contribution in [3.8, 4) is 0 Å². The van der Waals surface area contributed by atoms with Crippen LogP contribution in [0.4, 0.5) is 0 Å². The average molecular weight is 223 g/mol. The molecule has 1 N–H and O–H groups in total. The van der Waals surface area contributed by atoms with Gasteiger partial charge in [-0.25, -0.2) is 4.79 Å². The molecule has 0 radical (unpaired) electrons. The normalized spacial score (nSPS) is 16.9. The predicted molar refractivity (Wildman–Crippen MR) is 55.3 cm³/mol. The van der Waals surface area contributed by atoms with Crippen LogP contribution in [-0.2, 0) is 22.0 Å². The van der Waals surface area contributed by atoms with Gasteiger partial charge in [0.1, 0.15) is 11.1 Å². The average Bonchev–Trinajstić information content (AvgIpc) is 2.97. The second-order valence-corrected chi connectivity index (χ2v) is 4.04. The minimum Gasteiger partial charge on any atom is -0.481 e. The van der Waals surface area contributed by atoms with Crippen molar-refractivity contribution in [2.75, 3.05) is 7.11 Å². The number of carbonyl (C=O) groups is 2. The molecule has 0 unspecified atom stereocenters. The number of ether oxygens (including phenoxy) is 1. The van der Waals surface area contributed by atoms with Gasteiger partial charge in [-0.15, -0.1) is 0 Å². The summed E-state index contributed by atoms with van der Waals surface area (Å²) in [5.74, 6) is -1.28. The highest BCUT2D eigenvalue weighted by Gasteiger charge is 2.53. The van der Waals surface area contributed by atoms with Crippen molar-refractivity contribution in [3.05, 3.63) is 23.5 Å². The first-order valence-electron chi connectivity index (χ1n) is 5.01. The van der Waals surface area contributed by atoms with Crippen molar-refractivity contribution < 1.29 is 19.4 Å². The molecular weight excluding hydrogens is 210 g/mol. The SMILES string of the molecule is COC(=O)c1ccc(C2(C(=O)O)CC2)n1C. The molecule has 2 rings (SSSR count). The van der Waals surface area contributed by atoms with Crippen LogP contribution in [0.15, 0.2) is 12.1 Å². The van der Waals surface area contributed by atoms with Gasteiger partial charge in [-0.3, -0.25) is 4.79 Å². The molecule has 1 aromatic rings. The number of hydrogen-bond donors (Lipinski definition) is 1. The van der Waals surface area contributed by atoms with E-state index in [0.29, 0.717) is 24.2 Å². The second-order valence-electron chi connectivity index (χ2n) is 4.04.